The molecule has 1 aromatic heterocycles. The van der Waals surface area contributed by atoms with Crippen LogP contribution < -0.4 is 0 Å². The molecule has 28 heavy (non-hydrogen) atoms. The highest BCUT2D eigenvalue weighted by molar-refractivity contribution is 5.89. The highest BCUT2D eigenvalue weighted by Gasteiger charge is 2.15. The molecule has 0 bridgehead atoms. The SMILES string of the molecule is CCc1ccc(Cn2c(-c3cccc(C(=O)O)c3)nc3ccccc32)c(C)c1. The molecule has 4 heteroatoms. The van der Waals surface area contributed by atoms with E-state index in [4.69, 9.17) is 4.98 Å². The summed E-state index contributed by atoms with van der Waals surface area (Å²) < 4.78 is 2.17. The van der Waals surface area contributed by atoms with Crippen LogP contribution in [0.15, 0.2) is 66.7 Å². The van der Waals surface area contributed by atoms with Crippen molar-refractivity contribution in [1.29, 1.82) is 0 Å². The third-order valence-electron chi connectivity index (χ3n) is 5.17. The van der Waals surface area contributed by atoms with Crippen molar-refractivity contribution >= 4 is 17.0 Å². The monoisotopic (exact) mass is 370 g/mol. The summed E-state index contributed by atoms with van der Waals surface area (Å²) in [6.45, 7) is 4.98. The smallest absolute Gasteiger partial charge is 0.335 e. The van der Waals surface area contributed by atoms with Gasteiger partial charge in [0, 0.05) is 12.1 Å². The van der Waals surface area contributed by atoms with Gasteiger partial charge < -0.3 is 9.67 Å². The topological polar surface area (TPSA) is 55.1 Å². The van der Waals surface area contributed by atoms with Crippen LogP contribution in [-0.4, -0.2) is 20.6 Å². The number of aromatic nitrogens is 2. The molecule has 3 aromatic carbocycles. The van der Waals surface area contributed by atoms with Gasteiger partial charge in [0.05, 0.1) is 16.6 Å². The molecule has 0 atom stereocenters. The Hall–Kier alpha value is -3.40. The molecule has 0 aliphatic heterocycles. The van der Waals surface area contributed by atoms with E-state index in [1.807, 2.05) is 24.3 Å². The van der Waals surface area contributed by atoms with Crippen molar-refractivity contribution in [2.45, 2.75) is 26.8 Å². The molecule has 4 nitrogen and oxygen atoms in total. The van der Waals surface area contributed by atoms with Gasteiger partial charge in [0.2, 0.25) is 0 Å². The van der Waals surface area contributed by atoms with Crippen molar-refractivity contribution in [2.75, 3.05) is 0 Å². The van der Waals surface area contributed by atoms with Crippen molar-refractivity contribution in [1.82, 2.24) is 9.55 Å². The van der Waals surface area contributed by atoms with E-state index >= 15 is 0 Å². The van der Waals surface area contributed by atoms with E-state index in [9.17, 15) is 9.90 Å². The zero-order chi connectivity index (χ0) is 19.7. The number of hydrogen-bond acceptors (Lipinski definition) is 2. The summed E-state index contributed by atoms with van der Waals surface area (Å²) in [6, 6.07) is 21.6. The number of aromatic carboxylic acids is 1. The predicted molar refractivity (Wildman–Crippen MR) is 112 cm³/mol. The van der Waals surface area contributed by atoms with Crippen LogP contribution in [-0.2, 0) is 13.0 Å². The molecule has 4 rings (SSSR count). The molecule has 4 aromatic rings. The van der Waals surface area contributed by atoms with Crippen LogP contribution >= 0.6 is 0 Å². The first-order valence-corrected chi connectivity index (χ1v) is 9.44. The van der Waals surface area contributed by atoms with Crippen LogP contribution in [0, 0.1) is 6.92 Å². The number of rotatable bonds is 5. The Balaban J connectivity index is 1.87. The molecule has 1 heterocycles. The van der Waals surface area contributed by atoms with E-state index in [2.05, 4.69) is 42.7 Å². The second-order valence-electron chi connectivity index (χ2n) is 7.01. The van der Waals surface area contributed by atoms with Crippen molar-refractivity contribution < 1.29 is 9.90 Å². The van der Waals surface area contributed by atoms with E-state index < -0.39 is 5.97 Å². The first kappa shape index (κ1) is 18.0. The Morgan fingerprint density at radius 1 is 1.04 bits per heavy atom. The van der Waals surface area contributed by atoms with E-state index in [0.29, 0.717) is 6.54 Å². The molecule has 0 amide bonds. The molecule has 0 aliphatic carbocycles. The van der Waals surface area contributed by atoms with Gasteiger partial charge in [-0.2, -0.15) is 0 Å². The maximum atomic E-state index is 11.4. The number of imidazole rings is 1. The second kappa shape index (κ2) is 7.31. The van der Waals surface area contributed by atoms with Crippen molar-refractivity contribution in [2.24, 2.45) is 0 Å². The summed E-state index contributed by atoms with van der Waals surface area (Å²) in [4.78, 5) is 16.2. The van der Waals surface area contributed by atoms with Crippen molar-refractivity contribution in [3.63, 3.8) is 0 Å². The molecule has 0 fully saturated rings. The van der Waals surface area contributed by atoms with E-state index in [-0.39, 0.29) is 5.56 Å². The maximum absolute atomic E-state index is 11.4. The van der Waals surface area contributed by atoms with E-state index in [0.717, 1.165) is 28.8 Å². The van der Waals surface area contributed by atoms with Crippen LogP contribution in [0.2, 0.25) is 0 Å². The molecule has 0 saturated carbocycles. The van der Waals surface area contributed by atoms with Crippen LogP contribution in [0.1, 0.15) is 34.0 Å². The Morgan fingerprint density at radius 3 is 2.61 bits per heavy atom. The molecule has 0 saturated heterocycles. The first-order chi connectivity index (χ1) is 13.6. The van der Waals surface area contributed by atoms with Crippen LogP contribution in [0.5, 0.6) is 0 Å². The van der Waals surface area contributed by atoms with E-state index in [1.165, 1.54) is 16.7 Å². The van der Waals surface area contributed by atoms with Crippen LogP contribution in [0.4, 0.5) is 0 Å². The van der Waals surface area contributed by atoms with Gasteiger partial charge in [0.25, 0.3) is 0 Å². The van der Waals surface area contributed by atoms with Gasteiger partial charge in [-0.05, 0) is 54.3 Å². The van der Waals surface area contributed by atoms with Gasteiger partial charge >= 0.3 is 5.97 Å². The molecule has 140 valence electrons. The average Bonchev–Trinajstić information content (AvgIpc) is 3.08. The number of carboxylic acids is 1. The van der Waals surface area contributed by atoms with Gasteiger partial charge in [-0.15, -0.1) is 0 Å². The van der Waals surface area contributed by atoms with Crippen molar-refractivity contribution in [3.8, 4) is 11.4 Å². The summed E-state index contributed by atoms with van der Waals surface area (Å²) in [5.74, 6) is -0.154. The van der Waals surface area contributed by atoms with Crippen molar-refractivity contribution in [3.05, 3.63) is 89.0 Å². The minimum atomic E-state index is -0.935. The Bertz CT molecular complexity index is 1170. The standard InChI is InChI=1S/C24H22N2O2/c1-3-17-11-12-20(16(2)13-17)15-26-22-10-5-4-9-21(22)25-23(26)18-7-6-8-19(14-18)24(27)28/h4-14H,3,15H2,1-2H3,(H,27,28). The summed E-state index contributed by atoms with van der Waals surface area (Å²) >= 11 is 0. The number of hydrogen-bond donors (Lipinski definition) is 1. The van der Waals surface area contributed by atoms with E-state index in [1.54, 1.807) is 18.2 Å². The van der Waals surface area contributed by atoms with Gasteiger partial charge in [-0.25, -0.2) is 9.78 Å². The van der Waals surface area contributed by atoms with Crippen LogP contribution in [0.25, 0.3) is 22.4 Å². The fourth-order valence-corrected chi connectivity index (χ4v) is 3.57. The number of aryl methyl sites for hydroxylation is 2. The summed E-state index contributed by atoms with van der Waals surface area (Å²) in [7, 11) is 0. The predicted octanol–water partition coefficient (Wildman–Crippen LogP) is 5.32. The molecular formula is C24H22N2O2. The molecule has 0 spiro atoms. The lowest BCUT2D eigenvalue weighted by molar-refractivity contribution is 0.0697. The minimum absolute atomic E-state index is 0.264. The van der Waals surface area contributed by atoms with Gasteiger partial charge in [-0.3, -0.25) is 0 Å². The molecule has 0 unspecified atom stereocenters. The largest absolute Gasteiger partial charge is 0.478 e. The summed E-state index contributed by atoms with van der Waals surface area (Å²) in [5.41, 5.74) is 6.82. The third-order valence-corrected chi connectivity index (χ3v) is 5.17. The zero-order valence-corrected chi connectivity index (χ0v) is 16.0. The number of carbonyl (C=O) groups is 1. The summed E-state index contributed by atoms with van der Waals surface area (Å²) in [5, 5.41) is 9.36. The number of carboxylic acid groups (broad SMARTS) is 1. The molecule has 1 N–H and O–H groups in total. The minimum Gasteiger partial charge on any atom is -0.478 e. The number of para-hydroxylation sites is 2. The molecule has 0 radical (unpaired) electrons. The number of benzene rings is 3. The lowest BCUT2D eigenvalue weighted by Crippen LogP contribution is -2.05. The normalized spacial score (nSPS) is 11.1. The highest BCUT2D eigenvalue weighted by Crippen LogP contribution is 2.27. The summed E-state index contributed by atoms with van der Waals surface area (Å²) in [6.07, 6.45) is 1.02. The Labute approximate surface area is 164 Å². The maximum Gasteiger partial charge on any atom is 0.335 e. The third kappa shape index (κ3) is 3.29. The quantitative estimate of drug-likeness (QED) is 0.517. The second-order valence-corrected chi connectivity index (χ2v) is 7.01. The highest BCUT2D eigenvalue weighted by atomic mass is 16.4. The Kier molecular flexibility index (Phi) is 4.70. The van der Waals surface area contributed by atoms with Gasteiger partial charge in [0.15, 0.2) is 0 Å². The lowest BCUT2D eigenvalue weighted by Gasteiger charge is -2.13. The lowest BCUT2D eigenvalue weighted by atomic mass is 10.0. The van der Waals surface area contributed by atoms with Gasteiger partial charge in [-0.1, -0.05) is 49.4 Å². The fraction of sp³-hybridized carbons (Fsp3) is 0.167. The average molecular weight is 370 g/mol. The zero-order valence-electron chi connectivity index (χ0n) is 16.0. The first-order valence-electron chi connectivity index (χ1n) is 9.44. The Morgan fingerprint density at radius 2 is 1.86 bits per heavy atom. The number of nitrogens with zero attached hydrogens (tertiary/aromatic N) is 2. The fourth-order valence-electron chi connectivity index (χ4n) is 3.57. The molecular weight excluding hydrogens is 348 g/mol. The van der Waals surface area contributed by atoms with Gasteiger partial charge in [0.1, 0.15) is 5.82 Å². The van der Waals surface area contributed by atoms with Crippen LogP contribution in [0.3, 0.4) is 0 Å². The number of fused-ring (bicyclic) bond motifs is 1. The molecule has 0 aliphatic rings.